The van der Waals surface area contributed by atoms with Crippen molar-refractivity contribution in [2.24, 2.45) is 5.92 Å². The Balaban J connectivity index is 1.88. The molecule has 2 atom stereocenters. The number of rotatable bonds is 2. The summed E-state index contributed by atoms with van der Waals surface area (Å²) in [5.74, 6) is 0.268. The summed E-state index contributed by atoms with van der Waals surface area (Å²) in [5.41, 5.74) is 1.93. The smallest absolute Gasteiger partial charge is 0.163 e. The molecule has 0 heterocycles. The van der Waals surface area contributed by atoms with Crippen molar-refractivity contribution in [2.75, 3.05) is 5.32 Å². The highest BCUT2D eigenvalue weighted by molar-refractivity contribution is 6.00. The Labute approximate surface area is 113 Å². The van der Waals surface area contributed by atoms with Gasteiger partial charge in [0, 0.05) is 11.6 Å². The lowest BCUT2D eigenvalue weighted by Gasteiger charge is -2.17. The maximum atomic E-state index is 11.8. The topological polar surface area (TPSA) is 29.1 Å². The van der Waals surface area contributed by atoms with Crippen molar-refractivity contribution >= 4 is 22.2 Å². The van der Waals surface area contributed by atoms with Crippen molar-refractivity contribution in [3.8, 4) is 0 Å². The van der Waals surface area contributed by atoms with Gasteiger partial charge in [-0.15, -0.1) is 0 Å². The Morgan fingerprint density at radius 2 is 1.79 bits per heavy atom. The summed E-state index contributed by atoms with van der Waals surface area (Å²) >= 11 is 0. The molecule has 0 amide bonds. The average molecular weight is 251 g/mol. The fraction of sp³-hybridized carbons (Fsp3) is 0.235. The third-order valence-electron chi connectivity index (χ3n) is 3.85. The van der Waals surface area contributed by atoms with Gasteiger partial charge < -0.3 is 5.32 Å². The van der Waals surface area contributed by atoms with Crippen LogP contribution in [0.4, 0.5) is 5.69 Å². The molecule has 2 nitrogen and oxygen atoms in total. The first kappa shape index (κ1) is 12.0. The zero-order valence-electron chi connectivity index (χ0n) is 11.2. The predicted molar refractivity (Wildman–Crippen MR) is 79.3 cm³/mol. The molecule has 2 aromatic carbocycles. The summed E-state index contributed by atoms with van der Waals surface area (Å²) in [6.45, 7) is 3.87. The molecule has 0 aromatic heterocycles. The Kier molecular flexibility index (Phi) is 2.86. The molecule has 0 bridgehead atoms. The van der Waals surface area contributed by atoms with Crippen LogP contribution < -0.4 is 5.32 Å². The molecule has 0 fully saturated rings. The number of carbonyl (C=O) groups is 1. The predicted octanol–water partition coefficient (Wildman–Crippen LogP) is 3.79. The molecule has 0 saturated carbocycles. The molecular formula is C17H17NO. The molecule has 19 heavy (non-hydrogen) atoms. The molecule has 1 N–H and O–H groups in total. The molecule has 1 aliphatic carbocycles. The second-order valence-corrected chi connectivity index (χ2v) is 5.23. The normalized spacial score (nSPS) is 22.6. The standard InChI is InChI=1S/C17H17NO/c1-11-9-16(12(2)17(11)19)18-15-8-7-13-5-3-4-6-14(13)10-15/h3-10,12,16,18H,1-2H3/t12-,16+/m0/s1. The maximum absolute atomic E-state index is 11.8. The molecule has 2 heteroatoms. The van der Waals surface area contributed by atoms with Gasteiger partial charge in [-0.1, -0.05) is 43.3 Å². The van der Waals surface area contributed by atoms with Gasteiger partial charge >= 0.3 is 0 Å². The first-order chi connectivity index (χ1) is 9.15. The lowest BCUT2D eigenvalue weighted by molar-refractivity contribution is -0.117. The van der Waals surface area contributed by atoms with E-state index in [1.807, 2.05) is 32.1 Å². The second-order valence-electron chi connectivity index (χ2n) is 5.23. The van der Waals surface area contributed by atoms with Crippen LogP contribution in [0.25, 0.3) is 10.8 Å². The Hall–Kier alpha value is -2.09. The number of Topliss-reactive ketones (excluding diaryl/α,β-unsaturated/α-hetero) is 1. The molecule has 0 spiro atoms. The lowest BCUT2D eigenvalue weighted by Crippen LogP contribution is -2.25. The van der Waals surface area contributed by atoms with Crippen LogP contribution in [-0.4, -0.2) is 11.8 Å². The molecule has 0 unspecified atom stereocenters. The van der Waals surface area contributed by atoms with Gasteiger partial charge in [0.2, 0.25) is 0 Å². The largest absolute Gasteiger partial charge is 0.378 e. The van der Waals surface area contributed by atoms with Crippen molar-refractivity contribution in [1.29, 1.82) is 0 Å². The van der Waals surface area contributed by atoms with Gasteiger partial charge in [-0.3, -0.25) is 4.79 Å². The Bertz CT molecular complexity index is 672. The zero-order valence-corrected chi connectivity index (χ0v) is 11.2. The van der Waals surface area contributed by atoms with Gasteiger partial charge in [-0.05, 0) is 35.4 Å². The van der Waals surface area contributed by atoms with Crippen LogP contribution >= 0.6 is 0 Å². The summed E-state index contributed by atoms with van der Waals surface area (Å²) < 4.78 is 0. The van der Waals surface area contributed by atoms with Crippen LogP contribution in [0.2, 0.25) is 0 Å². The van der Waals surface area contributed by atoms with E-state index in [4.69, 9.17) is 0 Å². The van der Waals surface area contributed by atoms with E-state index >= 15 is 0 Å². The van der Waals surface area contributed by atoms with E-state index < -0.39 is 0 Å². The first-order valence-corrected chi connectivity index (χ1v) is 6.63. The van der Waals surface area contributed by atoms with E-state index in [1.165, 1.54) is 10.8 Å². The number of fused-ring (bicyclic) bond motifs is 1. The van der Waals surface area contributed by atoms with Gasteiger partial charge in [-0.2, -0.15) is 0 Å². The monoisotopic (exact) mass is 251 g/mol. The minimum absolute atomic E-state index is 0.0199. The van der Waals surface area contributed by atoms with Gasteiger partial charge in [-0.25, -0.2) is 0 Å². The first-order valence-electron chi connectivity index (χ1n) is 6.63. The second kappa shape index (κ2) is 4.54. The average Bonchev–Trinajstić information content (AvgIpc) is 2.66. The molecule has 96 valence electrons. The van der Waals surface area contributed by atoms with E-state index in [1.54, 1.807) is 0 Å². The molecule has 3 rings (SSSR count). The number of ketones is 1. The third-order valence-corrected chi connectivity index (χ3v) is 3.85. The number of hydrogen-bond donors (Lipinski definition) is 1. The fourth-order valence-electron chi connectivity index (χ4n) is 2.66. The van der Waals surface area contributed by atoms with Crippen LogP contribution in [-0.2, 0) is 4.79 Å². The molecule has 0 radical (unpaired) electrons. The van der Waals surface area contributed by atoms with Gasteiger partial charge in [0.25, 0.3) is 0 Å². The van der Waals surface area contributed by atoms with Crippen LogP contribution in [0, 0.1) is 5.92 Å². The number of hydrogen-bond acceptors (Lipinski definition) is 2. The van der Waals surface area contributed by atoms with Gasteiger partial charge in [0.1, 0.15) is 0 Å². The molecule has 1 aliphatic rings. The van der Waals surface area contributed by atoms with Crippen molar-refractivity contribution in [3.63, 3.8) is 0 Å². The summed E-state index contributed by atoms with van der Waals surface area (Å²) in [4.78, 5) is 11.8. The number of benzene rings is 2. The minimum Gasteiger partial charge on any atom is -0.378 e. The van der Waals surface area contributed by atoms with Crippen LogP contribution in [0.5, 0.6) is 0 Å². The van der Waals surface area contributed by atoms with E-state index in [2.05, 4.69) is 35.6 Å². The van der Waals surface area contributed by atoms with Crippen LogP contribution in [0.1, 0.15) is 13.8 Å². The molecule has 0 aliphatic heterocycles. The lowest BCUT2D eigenvalue weighted by atomic mass is 10.0. The zero-order chi connectivity index (χ0) is 13.4. The van der Waals surface area contributed by atoms with Crippen LogP contribution in [0.3, 0.4) is 0 Å². The van der Waals surface area contributed by atoms with Gasteiger partial charge in [0.15, 0.2) is 5.78 Å². The van der Waals surface area contributed by atoms with E-state index in [9.17, 15) is 4.79 Å². The number of allylic oxidation sites excluding steroid dienone is 1. The quantitative estimate of drug-likeness (QED) is 0.880. The Morgan fingerprint density at radius 3 is 2.47 bits per heavy atom. The van der Waals surface area contributed by atoms with Gasteiger partial charge in [0.05, 0.1) is 6.04 Å². The van der Waals surface area contributed by atoms with Crippen molar-refractivity contribution in [1.82, 2.24) is 0 Å². The molecule has 0 saturated heterocycles. The van der Waals surface area contributed by atoms with Crippen molar-refractivity contribution in [2.45, 2.75) is 19.9 Å². The molecular weight excluding hydrogens is 234 g/mol. The summed E-state index contributed by atoms with van der Waals surface area (Å²) in [6.07, 6.45) is 2.03. The minimum atomic E-state index is 0.0199. The Morgan fingerprint density at radius 1 is 1.05 bits per heavy atom. The highest BCUT2D eigenvalue weighted by Gasteiger charge is 2.29. The van der Waals surface area contributed by atoms with E-state index in [-0.39, 0.29) is 17.7 Å². The fourth-order valence-corrected chi connectivity index (χ4v) is 2.66. The van der Waals surface area contributed by atoms with Crippen LogP contribution in [0.15, 0.2) is 54.1 Å². The third kappa shape index (κ3) is 2.14. The van der Waals surface area contributed by atoms with Crippen molar-refractivity contribution < 1.29 is 4.79 Å². The number of nitrogens with one attached hydrogen (secondary N) is 1. The SMILES string of the molecule is CC1=C[C@@H](Nc2ccc3ccccc3c2)[C@H](C)C1=O. The number of carbonyl (C=O) groups excluding carboxylic acids is 1. The van der Waals surface area contributed by atoms with E-state index in [0.29, 0.717) is 0 Å². The maximum Gasteiger partial charge on any atom is 0.163 e. The molecule has 2 aromatic rings. The number of anilines is 1. The highest BCUT2D eigenvalue weighted by Crippen LogP contribution is 2.26. The summed E-state index contributed by atoms with van der Waals surface area (Å²) in [5, 5.41) is 5.89. The summed E-state index contributed by atoms with van der Waals surface area (Å²) in [6, 6.07) is 14.7. The van der Waals surface area contributed by atoms with Crippen molar-refractivity contribution in [3.05, 3.63) is 54.1 Å². The highest BCUT2D eigenvalue weighted by atomic mass is 16.1. The van der Waals surface area contributed by atoms with E-state index in [0.717, 1.165) is 11.3 Å². The summed E-state index contributed by atoms with van der Waals surface area (Å²) in [7, 11) is 0.